The van der Waals surface area contributed by atoms with Gasteiger partial charge in [0.1, 0.15) is 0 Å². The first-order valence-corrected chi connectivity index (χ1v) is 12.0. The molecule has 0 aliphatic heterocycles. The third-order valence-corrected chi connectivity index (χ3v) is 6.68. The van der Waals surface area contributed by atoms with Crippen molar-refractivity contribution in [3.05, 3.63) is 50.2 Å². The van der Waals surface area contributed by atoms with E-state index in [0.717, 1.165) is 39.9 Å². The second kappa shape index (κ2) is 11.0. The van der Waals surface area contributed by atoms with Gasteiger partial charge in [-0.1, -0.05) is 60.7 Å². The van der Waals surface area contributed by atoms with Crippen LogP contribution in [0.15, 0.2) is 39.1 Å². The van der Waals surface area contributed by atoms with Crippen LogP contribution in [-0.4, -0.2) is 16.5 Å². The number of hydrogen-bond donors (Lipinski definition) is 1. The Labute approximate surface area is 180 Å². The van der Waals surface area contributed by atoms with Crippen molar-refractivity contribution in [1.82, 2.24) is 9.88 Å². The number of thiazole rings is 1. The Balaban J connectivity index is 1.66. The maximum atomic E-state index is 12.5. The van der Waals surface area contributed by atoms with Gasteiger partial charge in [-0.3, -0.25) is 9.79 Å². The van der Waals surface area contributed by atoms with E-state index in [0.29, 0.717) is 19.0 Å². The molecule has 0 saturated heterocycles. The normalized spacial score (nSPS) is 15.7. The lowest BCUT2D eigenvalue weighted by Crippen LogP contribution is -2.28. The third-order valence-electron chi connectivity index (χ3n) is 5.23. The van der Waals surface area contributed by atoms with Crippen LogP contribution in [0.4, 0.5) is 0 Å². The number of carbonyl (C=O) groups excluding carboxylic acids is 1. The summed E-state index contributed by atoms with van der Waals surface area (Å²) >= 11 is 5.13. The third kappa shape index (κ3) is 6.31. The summed E-state index contributed by atoms with van der Waals surface area (Å²) in [7, 11) is 0. The molecule has 1 N–H and O–H groups in total. The highest BCUT2D eigenvalue weighted by molar-refractivity contribution is 9.10. The van der Waals surface area contributed by atoms with Gasteiger partial charge in [0.2, 0.25) is 5.91 Å². The summed E-state index contributed by atoms with van der Waals surface area (Å²) < 4.78 is 3.33. The zero-order valence-corrected chi connectivity index (χ0v) is 19.0. The van der Waals surface area contributed by atoms with Gasteiger partial charge in [0, 0.05) is 28.6 Å². The van der Waals surface area contributed by atoms with E-state index in [2.05, 4.69) is 38.1 Å². The molecular weight excluding hydrogens is 434 g/mol. The molecule has 1 fully saturated rings. The van der Waals surface area contributed by atoms with Crippen molar-refractivity contribution in [3.8, 4) is 0 Å². The highest BCUT2D eigenvalue weighted by Crippen LogP contribution is 2.20. The van der Waals surface area contributed by atoms with Gasteiger partial charge in [0.25, 0.3) is 0 Å². The van der Waals surface area contributed by atoms with Gasteiger partial charge in [-0.25, -0.2) is 0 Å². The number of hydrogen-bond acceptors (Lipinski definition) is 3. The fourth-order valence-corrected chi connectivity index (χ4v) is 4.82. The van der Waals surface area contributed by atoms with Gasteiger partial charge in [-0.2, -0.15) is 0 Å². The number of nitrogens with one attached hydrogen (secondary N) is 1. The Morgan fingerprint density at radius 2 is 2.00 bits per heavy atom. The quantitative estimate of drug-likeness (QED) is 0.573. The molecule has 2 aromatic rings. The number of halogens is 1. The molecule has 1 aliphatic rings. The topological polar surface area (TPSA) is 46.4 Å². The van der Waals surface area contributed by atoms with E-state index in [9.17, 15) is 4.79 Å². The zero-order valence-electron chi connectivity index (χ0n) is 16.6. The maximum Gasteiger partial charge on any atom is 0.226 e. The molecule has 28 heavy (non-hydrogen) atoms. The molecule has 0 radical (unpaired) electrons. The molecular formula is C22H30BrN3OS. The maximum absolute atomic E-state index is 12.5. The van der Waals surface area contributed by atoms with E-state index in [1.165, 1.54) is 32.1 Å². The molecule has 3 rings (SSSR count). The van der Waals surface area contributed by atoms with Crippen molar-refractivity contribution >= 4 is 33.2 Å². The molecule has 0 spiro atoms. The average Bonchev–Trinajstić information content (AvgIpc) is 3.07. The van der Waals surface area contributed by atoms with Crippen molar-refractivity contribution in [3.63, 3.8) is 0 Å². The lowest BCUT2D eigenvalue weighted by molar-refractivity contribution is -0.120. The minimum absolute atomic E-state index is 0.0650. The van der Waals surface area contributed by atoms with Crippen LogP contribution in [0.5, 0.6) is 0 Å². The molecule has 1 aromatic heterocycles. The number of nitrogens with zero attached hydrogens (tertiary/aromatic N) is 2. The first kappa shape index (κ1) is 21.3. The first-order valence-electron chi connectivity index (χ1n) is 10.4. The van der Waals surface area contributed by atoms with Crippen LogP contribution in [0.2, 0.25) is 0 Å². The summed E-state index contributed by atoms with van der Waals surface area (Å²) in [6, 6.07) is 8.50. The van der Waals surface area contributed by atoms with E-state index in [-0.39, 0.29) is 5.91 Å². The largest absolute Gasteiger partial charge is 0.352 e. The number of amides is 1. The smallest absolute Gasteiger partial charge is 0.226 e. The fourth-order valence-electron chi connectivity index (χ4n) is 3.56. The average molecular weight is 464 g/mol. The van der Waals surface area contributed by atoms with E-state index in [1.54, 1.807) is 11.3 Å². The van der Waals surface area contributed by atoms with Gasteiger partial charge in [-0.15, -0.1) is 11.3 Å². The lowest BCUT2D eigenvalue weighted by Gasteiger charge is -2.17. The van der Waals surface area contributed by atoms with Crippen molar-refractivity contribution in [2.24, 2.45) is 4.99 Å². The summed E-state index contributed by atoms with van der Waals surface area (Å²) in [4.78, 5) is 18.7. The van der Waals surface area contributed by atoms with Crippen LogP contribution >= 0.6 is 27.3 Å². The van der Waals surface area contributed by atoms with E-state index in [1.807, 2.05) is 24.3 Å². The number of unbranched alkanes of at least 4 members (excludes halogenated alkanes) is 1. The lowest BCUT2D eigenvalue weighted by atomic mass is 9.96. The monoisotopic (exact) mass is 463 g/mol. The molecule has 152 valence electrons. The van der Waals surface area contributed by atoms with Crippen molar-refractivity contribution < 1.29 is 4.79 Å². The second-order valence-electron chi connectivity index (χ2n) is 7.52. The first-order chi connectivity index (χ1) is 13.7. The van der Waals surface area contributed by atoms with Crippen LogP contribution in [-0.2, 0) is 24.3 Å². The Morgan fingerprint density at radius 3 is 2.71 bits per heavy atom. The van der Waals surface area contributed by atoms with Crippen LogP contribution in [0.1, 0.15) is 63.1 Å². The Hall–Kier alpha value is -1.40. The minimum Gasteiger partial charge on any atom is -0.352 e. The van der Waals surface area contributed by atoms with Gasteiger partial charge in [0.15, 0.2) is 4.80 Å². The number of rotatable bonds is 8. The fraction of sp³-hybridized carbons (Fsp3) is 0.545. The highest BCUT2D eigenvalue weighted by atomic mass is 79.9. The molecule has 1 saturated carbocycles. The minimum atomic E-state index is 0.0650. The van der Waals surface area contributed by atoms with Crippen LogP contribution in [0.25, 0.3) is 0 Å². The van der Waals surface area contributed by atoms with Crippen LogP contribution < -0.4 is 10.1 Å². The van der Waals surface area contributed by atoms with Gasteiger partial charge < -0.3 is 9.88 Å². The molecule has 0 unspecified atom stereocenters. The summed E-state index contributed by atoms with van der Waals surface area (Å²) in [5.41, 5.74) is 2.19. The Kier molecular flexibility index (Phi) is 8.34. The number of benzene rings is 1. The Morgan fingerprint density at radius 1 is 1.25 bits per heavy atom. The molecule has 4 nitrogen and oxygen atoms in total. The predicted molar refractivity (Wildman–Crippen MR) is 119 cm³/mol. The van der Waals surface area contributed by atoms with Gasteiger partial charge in [0.05, 0.1) is 12.5 Å². The van der Waals surface area contributed by atoms with Crippen molar-refractivity contribution in [2.75, 3.05) is 0 Å². The summed E-state index contributed by atoms with van der Waals surface area (Å²) in [6.45, 7) is 3.71. The molecule has 1 aromatic carbocycles. The SMILES string of the molecule is CCCCn1c(CC(=O)NCc2ccc(Br)cc2)csc1=NC1CCCCC1. The Bertz CT molecular complexity index is 819. The van der Waals surface area contributed by atoms with E-state index in [4.69, 9.17) is 4.99 Å². The van der Waals surface area contributed by atoms with Crippen LogP contribution in [0, 0.1) is 0 Å². The number of aromatic nitrogens is 1. The van der Waals surface area contributed by atoms with Gasteiger partial charge in [-0.05, 0) is 37.0 Å². The summed E-state index contributed by atoms with van der Waals surface area (Å²) in [5, 5.41) is 5.17. The summed E-state index contributed by atoms with van der Waals surface area (Å²) in [5.74, 6) is 0.0650. The van der Waals surface area contributed by atoms with E-state index >= 15 is 0 Å². The van der Waals surface area contributed by atoms with Crippen molar-refractivity contribution in [1.29, 1.82) is 0 Å². The molecule has 1 heterocycles. The second-order valence-corrected chi connectivity index (χ2v) is 9.27. The highest BCUT2D eigenvalue weighted by Gasteiger charge is 2.14. The molecule has 1 amide bonds. The molecule has 1 aliphatic carbocycles. The van der Waals surface area contributed by atoms with E-state index < -0.39 is 0 Å². The zero-order chi connectivity index (χ0) is 19.8. The van der Waals surface area contributed by atoms with Crippen molar-refractivity contribution in [2.45, 2.75) is 77.4 Å². The molecule has 6 heteroatoms. The predicted octanol–water partition coefficient (Wildman–Crippen LogP) is 5.20. The standard InChI is InChI=1S/C22H30BrN3OS/c1-2-3-13-26-20(16-28-22(26)25-19-7-5-4-6-8-19)14-21(27)24-15-17-9-11-18(23)12-10-17/h9-12,16,19H,2-8,13-15H2,1H3,(H,24,27). The van der Waals surface area contributed by atoms with Gasteiger partial charge >= 0.3 is 0 Å². The number of carbonyl (C=O) groups is 1. The van der Waals surface area contributed by atoms with Crippen LogP contribution in [0.3, 0.4) is 0 Å². The summed E-state index contributed by atoms with van der Waals surface area (Å²) in [6.07, 6.45) is 9.00. The molecule has 0 bridgehead atoms. The molecule has 0 atom stereocenters.